The van der Waals surface area contributed by atoms with Gasteiger partial charge in [0.1, 0.15) is 11.4 Å². The van der Waals surface area contributed by atoms with E-state index in [0.29, 0.717) is 13.0 Å². The average Bonchev–Trinajstić information content (AvgIpc) is 2.43. The minimum absolute atomic E-state index is 0.134. The summed E-state index contributed by atoms with van der Waals surface area (Å²) in [5, 5.41) is 0. The molecule has 1 aromatic carbocycles. The summed E-state index contributed by atoms with van der Waals surface area (Å²) in [6.45, 7) is 7.51. The van der Waals surface area contributed by atoms with Crippen molar-refractivity contribution in [3.05, 3.63) is 34.3 Å². The number of carbonyl (C=O) groups excluding carboxylic acids is 2. The molecule has 1 atom stereocenters. The molecule has 4 heteroatoms. The summed E-state index contributed by atoms with van der Waals surface area (Å²) in [7, 11) is 0. The van der Waals surface area contributed by atoms with Crippen LogP contribution in [0.1, 0.15) is 46.1 Å². The van der Waals surface area contributed by atoms with E-state index in [1.165, 1.54) is 0 Å². The fourth-order valence-electron chi connectivity index (χ4n) is 2.15. The fourth-order valence-corrected chi connectivity index (χ4v) is 2.55. The summed E-state index contributed by atoms with van der Waals surface area (Å²) in [6, 6.07) is 7.84. The molecule has 0 aromatic heterocycles. The number of halogens is 1. The van der Waals surface area contributed by atoms with Gasteiger partial charge in [-0.05, 0) is 58.2 Å². The molecule has 0 saturated heterocycles. The van der Waals surface area contributed by atoms with Crippen molar-refractivity contribution in [3.63, 3.8) is 0 Å². The SMILES string of the molecule is CC(=O)C(C)(CCCOC(C)(C)C=O)c1cccc(Br)c1. The molecule has 0 spiro atoms. The molecule has 1 unspecified atom stereocenters. The first-order valence-corrected chi connectivity index (χ1v) is 7.88. The number of rotatable bonds is 8. The van der Waals surface area contributed by atoms with Crippen LogP contribution in [0.5, 0.6) is 0 Å². The molecular weight excluding hydrogens is 332 g/mol. The van der Waals surface area contributed by atoms with E-state index in [2.05, 4.69) is 15.9 Å². The minimum atomic E-state index is -0.762. The number of ether oxygens (including phenoxy) is 1. The predicted molar refractivity (Wildman–Crippen MR) is 87.5 cm³/mol. The summed E-state index contributed by atoms with van der Waals surface area (Å²) in [4.78, 5) is 22.9. The third-order valence-corrected chi connectivity index (χ3v) is 4.31. The molecule has 0 bridgehead atoms. The summed E-state index contributed by atoms with van der Waals surface area (Å²) >= 11 is 3.45. The monoisotopic (exact) mass is 354 g/mol. The van der Waals surface area contributed by atoms with Gasteiger partial charge in [-0.25, -0.2) is 0 Å². The molecule has 0 saturated carbocycles. The van der Waals surface area contributed by atoms with Crippen molar-refractivity contribution in [2.45, 2.75) is 51.6 Å². The third kappa shape index (κ3) is 5.04. The van der Waals surface area contributed by atoms with Gasteiger partial charge in [0.05, 0.1) is 5.41 Å². The first-order valence-electron chi connectivity index (χ1n) is 7.09. The molecule has 0 aliphatic rings. The molecule has 1 rings (SSSR count). The van der Waals surface area contributed by atoms with Gasteiger partial charge in [0.25, 0.3) is 0 Å². The lowest BCUT2D eigenvalue weighted by Crippen LogP contribution is -2.32. The number of Topliss-reactive ketones (excluding diaryl/α,β-unsaturated/α-hetero) is 1. The van der Waals surface area contributed by atoms with Crippen LogP contribution < -0.4 is 0 Å². The van der Waals surface area contributed by atoms with Crippen molar-refractivity contribution in [3.8, 4) is 0 Å². The zero-order valence-corrected chi connectivity index (χ0v) is 14.7. The molecule has 0 fully saturated rings. The topological polar surface area (TPSA) is 43.4 Å². The lowest BCUT2D eigenvalue weighted by molar-refractivity contribution is -0.128. The summed E-state index contributed by atoms with van der Waals surface area (Å²) < 4.78 is 6.49. The zero-order valence-electron chi connectivity index (χ0n) is 13.1. The number of ketones is 1. The fraction of sp³-hybridized carbons (Fsp3) is 0.529. The number of carbonyl (C=O) groups is 2. The lowest BCUT2D eigenvalue weighted by Gasteiger charge is -2.28. The summed E-state index contributed by atoms with van der Waals surface area (Å²) in [5.41, 5.74) is -0.292. The van der Waals surface area contributed by atoms with Gasteiger partial charge < -0.3 is 9.53 Å². The predicted octanol–water partition coefficient (Wildman–Crippen LogP) is 4.07. The van der Waals surface area contributed by atoms with Crippen LogP contribution in [0.25, 0.3) is 0 Å². The smallest absolute Gasteiger partial charge is 0.151 e. The van der Waals surface area contributed by atoms with Crippen LogP contribution in [0.4, 0.5) is 0 Å². The van der Waals surface area contributed by atoms with Crippen LogP contribution in [0.15, 0.2) is 28.7 Å². The highest BCUT2D eigenvalue weighted by molar-refractivity contribution is 9.10. The molecular formula is C17H23BrO3. The molecule has 0 radical (unpaired) electrons. The maximum Gasteiger partial charge on any atom is 0.151 e. The quantitative estimate of drug-likeness (QED) is 0.522. The van der Waals surface area contributed by atoms with E-state index in [0.717, 1.165) is 22.7 Å². The Kier molecular flexibility index (Phi) is 6.29. The number of hydrogen-bond donors (Lipinski definition) is 0. The van der Waals surface area contributed by atoms with Crippen molar-refractivity contribution in [2.75, 3.05) is 6.61 Å². The van der Waals surface area contributed by atoms with Crippen molar-refractivity contribution in [1.29, 1.82) is 0 Å². The molecule has 0 N–H and O–H groups in total. The van der Waals surface area contributed by atoms with E-state index in [9.17, 15) is 9.59 Å². The van der Waals surface area contributed by atoms with Gasteiger partial charge in [0.15, 0.2) is 6.29 Å². The Morgan fingerprint density at radius 2 is 2.00 bits per heavy atom. The van der Waals surface area contributed by atoms with E-state index < -0.39 is 11.0 Å². The van der Waals surface area contributed by atoms with Crippen LogP contribution in [0.2, 0.25) is 0 Å². The molecule has 0 amide bonds. The van der Waals surface area contributed by atoms with Gasteiger partial charge in [-0.1, -0.05) is 28.1 Å². The van der Waals surface area contributed by atoms with E-state index in [-0.39, 0.29) is 5.78 Å². The van der Waals surface area contributed by atoms with Gasteiger partial charge in [-0.15, -0.1) is 0 Å². The second-order valence-electron chi connectivity index (χ2n) is 6.07. The van der Waals surface area contributed by atoms with E-state index in [4.69, 9.17) is 4.74 Å². The second-order valence-corrected chi connectivity index (χ2v) is 6.99. The van der Waals surface area contributed by atoms with Crippen LogP contribution >= 0.6 is 15.9 Å². The number of aldehydes is 1. The Bertz CT molecular complexity index is 511. The number of benzene rings is 1. The van der Waals surface area contributed by atoms with E-state index in [1.807, 2.05) is 31.2 Å². The van der Waals surface area contributed by atoms with Gasteiger partial charge in [-0.3, -0.25) is 4.79 Å². The second kappa shape index (κ2) is 7.32. The van der Waals surface area contributed by atoms with E-state index >= 15 is 0 Å². The summed E-state index contributed by atoms with van der Waals surface area (Å²) in [6.07, 6.45) is 2.21. The highest BCUT2D eigenvalue weighted by Crippen LogP contribution is 2.32. The maximum atomic E-state index is 12.1. The Hall–Kier alpha value is -1.000. The molecule has 0 aliphatic carbocycles. The standard InChI is InChI=1S/C17H23BrO3/c1-13(20)17(4,14-7-5-8-15(18)11-14)9-6-10-21-16(2,3)12-19/h5,7-8,11-12H,6,9-10H2,1-4H3. The molecule has 3 nitrogen and oxygen atoms in total. The third-order valence-electron chi connectivity index (χ3n) is 3.82. The van der Waals surface area contributed by atoms with Gasteiger partial charge >= 0.3 is 0 Å². The first-order chi connectivity index (χ1) is 9.71. The molecule has 0 heterocycles. The summed E-state index contributed by atoms with van der Waals surface area (Å²) in [5.74, 6) is 0.134. The van der Waals surface area contributed by atoms with Crippen molar-refractivity contribution < 1.29 is 14.3 Å². The van der Waals surface area contributed by atoms with E-state index in [1.54, 1.807) is 20.8 Å². The van der Waals surface area contributed by atoms with Crippen molar-refractivity contribution in [1.82, 2.24) is 0 Å². The lowest BCUT2D eigenvalue weighted by atomic mass is 9.75. The van der Waals surface area contributed by atoms with Crippen LogP contribution in [-0.2, 0) is 19.7 Å². The zero-order chi connectivity index (χ0) is 16.1. The largest absolute Gasteiger partial charge is 0.368 e. The molecule has 0 aliphatic heterocycles. The Morgan fingerprint density at radius 3 is 2.52 bits per heavy atom. The minimum Gasteiger partial charge on any atom is -0.368 e. The van der Waals surface area contributed by atoms with Gasteiger partial charge in [0.2, 0.25) is 0 Å². The van der Waals surface area contributed by atoms with Gasteiger partial charge in [-0.2, -0.15) is 0 Å². The first kappa shape index (κ1) is 18.1. The highest BCUT2D eigenvalue weighted by atomic mass is 79.9. The van der Waals surface area contributed by atoms with Gasteiger partial charge in [0, 0.05) is 11.1 Å². The highest BCUT2D eigenvalue weighted by Gasteiger charge is 2.31. The normalized spacial score (nSPS) is 14.5. The Balaban J connectivity index is 2.74. The number of hydrogen-bond acceptors (Lipinski definition) is 3. The van der Waals surface area contributed by atoms with Crippen LogP contribution in [0, 0.1) is 0 Å². The van der Waals surface area contributed by atoms with Crippen LogP contribution in [0.3, 0.4) is 0 Å². The molecule has 116 valence electrons. The average molecular weight is 355 g/mol. The molecule has 21 heavy (non-hydrogen) atoms. The maximum absolute atomic E-state index is 12.1. The van der Waals surface area contributed by atoms with Crippen molar-refractivity contribution >= 4 is 28.0 Å². The molecule has 1 aromatic rings. The Morgan fingerprint density at radius 1 is 1.33 bits per heavy atom. The van der Waals surface area contributed by atoms with Crippen LogP contribution in [-0.4, -0.2) is 24.3 Å². The Labute approximate surface area is 135 Å². The van der Waals surface area contributed by atoms with Crippen molar-refractivity contribution in [2.24, 2.45) is 0 Å².